The van der Waals surface area contributed by atoms with Gasteiger partial charge in [-0.25, -0.2) is 4.39 Å². The highest BCUT2D eigenvalue weighted by Gasteiger charge is 2.09. The highest BCUT2D eigenvalue weighted by Crippen LogP contribution is 2.15. The summed E-state index contributed by atoms with van der Waals surface area (Å²) >= 11 is 0. The van der Waals surface area contributed by atoms with E-state index >= 15 is 0 Å². The average Bonchev–Trinajstić information content (AvgIpc) is 2.43. The van der Waals surface area contributed by atoms with Gasteiger partial charge in [0.25, 0.3) is 5.91 Å². The van der Waals surface area contributed by atoms with Crippen LogP contribution in [0.25, 0.3) is 0 Å². The molecule has 0 saturated carbocycles. The Labute approximate surface area is 116 Å². The summed E-state index contributed by atoms with van der Waals surface area (Å²) in [6, 6.07) is 10.8. The van der Waals surface area contributed by atoms with Gasteiger partial charge in [0.2, 0.25) is 0 Å². The van der Waals surface area contributed by atoms with Crippen molar-refractivity contribution in [3.63, 3.8) is 0 Å². The van der Waals surface area contributed by atoms with E-state index in [1.54, 1.807) is 31.2 Å². The Bertz CT molecular complexity index is 680. The topological polar surface area (TPSA) is 46.2 Å². The largest absolute Gasteiger partial charge is 0.322 e. The van der Waals surface area contributed by atoms with E-state index < -0.39 is 0 Å². The molecule has 1 amide bonds. The van der Waals surface area contributed by atoms with Crippen LogP contribution in [0.1, 0.15) is 33.2 Å². The van der Waals surface area contributed by atoms with Gasteiger partial charge in [-0.3, -0.25) is 9.59 Å². The molecule has 0 bridgehead atoms. The molecule has 2 aromatic carbocycles. The molecule has 4 heteroatoms. The Hall–Kier alpha value is -2.49. The quantitative estimate of drug-likeness (QED) is 0.867. The summed E-state index contributed by atoms with van der Waals surface area (Å²) in [5.41, 5.74) is 1.84. The van der Waals surface area contributed by atoms with Crippen LogP contribution in [0.4, 0.5) is 10.1 Å². The summed E-state index contributed by atoms with van der Waals surface area (Å²) in [4.78, 5) is 23.4. The van der Waals surface area contributed by atoms with E-state index in [1.807, 2.05) is 0 Å². The zero-order valence-corrected chi connectivity index (χ0v) is 11.2. The number of ketones is 1. The lowest BCUT2D eigenvalue weighted by molar-refractivity contribution is 0.101. The van der Waals surface area contributed by atoms with Gasteiger partial charge in [-0.1, -0.05) is 12.1 Å². The van der Waals surface area contributed by atoms with Crippen molar-refractivity contribution in [1.29, 1.82) is 0 Å². The maximum absolute atomic E-state index is 13.2. The van der Waals surface area contributed by atoms with Crippen LogP contribution in [-0.2, 0) is 0 Å². The lowest BCUT2D eigenvalue weighted by Gasteiger charge is -2.07. The second-order valence-corrected chi connectivity index (χ2v) is 4.56. The fraction of sp³-hybridized carbons (Fsp3) is 0.125. The third-order valence-corrected chi connectivity index (χ3v) is 2.95. The average molecular weight is 271 g/mol. The van der Waals surface area contributed by atoms with Crippen LogP contribution in [0.2, 0.25) is 0 Å². The number of hydrogen-bond acceptors (Lipinski definition) is 2. The molecule has 3 nitrogen and oxygen atoms in total. The first-order valence-electron chi connectivity index (χ1n) is 6.16. The van der Waals surface area contributed by atoms with E-state index in [0.29, 0.717) is 22.4 Å². The Kier molecular flexibility index (Phi) is 3.94. The summed E-state index contributed by atoms with van der Waals surface area (Å²) in [5.74, 6) is -0.752. The van der Waals surface area contributed by atoms with E-state index in [1.165, 1.54) is 25.1 Å². The van der Waals surface area contributed by atoms with E-state index in [0.717, 1.165) is 0 Å². The van der Waals surface area contributed by atoms with Crippen molar-refractivity contribution in [2.24, 2.45) is 0 Å². The number of amides is 1. The van der Waals surface area contributed by atoms with Gasteiger partial charge in [0.05, 0.1) is 0 Å². The first-order valence-corrected chi connectivity index (χ1v) is 6.16. The van der Waals surface area contributed by atoms with Gasteiger partial charge in [-0.05, 0) is 49.7 Å². The van der Waals surface area contributed by atoms with Gasteiger partial charge in [0, 0.05) is 16.8 Å². The number of benzene rings is 2. The van der Waals surface area contributed by atoms with Gasteiger partial charge in [0.15, 0.2) is 5.78 Å². The first kappa shape index (κ1) is 13.9. The molecule has 102 valence electrons. The molecule has 2 rings (SSSR count). The zero-order valence-electron chi connectivity index (χ0n) is 11.2. The van der Waals surface area contributed by atoms with Crippen LogP contribution in [-0.4, -0.2) is 11.7 Å². The van der Waals surface area contributed by atoms with Crippen molar-refractivity contribution in [3.8, 4) is 0 Å². The van der Waals surface area contributed by atoms with Crippen molar-refractivity contribution in [2.45, 2.75) is 13.8 Å². The molecule has 0 heterocycles. The SMILES string of the molecule is CC(=O)c1cccc(C(=O)Nc2ccc(F)c(C)c2)c1. The molecular weight excluding hydrogens is 257 g/mol. The number of Topliss-reactive ketones (excluding diaryl/α,β-unsaturated/α-hetero) is 1. The van der Waals surface area contributed by atoms with Crippen molar-refractivity contribution < 1.29 is 14.0 Å². The van der Waals surface area contributed by atoms with Crippen molar-refractivity contribution in [3.05, 3.63) is 65.0 Å². The Morgan fingerprint density at radius 1 is 1.05 bits per heavy atom. The Morgan fingerprint density at radius 2 is 1.75 bits per heavy atom. The number of hydrogen-bond donors (Lipinski definition) is 1. The van der Waals surface area contributed by atoms with E-state index in [2.05, 4.69) is 5.32 Å². The number of nitrogens with one attached hydrogen (secondary N) is 1. The minimum atomic E-state index is -0.334. The summed E-state index contributed by atoms with van der Waals surface area (Å²) in [7, 11) is 0. The molecule has 0 aliphatic heterocycles. The number of carbonyl (C=O) groups excluding carboxylic acids is 2. The van der Waals surface area contributed by atoms with Gasteiger partial charge in [-0.2, -0.15) is 0 Å². The van der Waals surface area contributed by atoms with Crippen molar-refractivity contribution in [1.82, 2.24) is 0 Å². The van der Waals surface area contributed by atoms with Crippen molar-refractivity contribution >= 4 is 17.4 Å². The summed E-state index contributed by atoms with van der Waals surface area (Å²) in [6.45, 7) is 3.07. The first-order chi connectivity index (χ1) is 9.47. The number of aryl methyl sites for hydroxylation is 1. The second-order valence-electron chi connectivity index (χ2n) is 4.56. The molecule has 20 heavy (non-hydrogen) atoms. The number of halogens is 1. The molecule has 2 aromatic rings. The van der Waals surface area contributed by atoms with Gasteiger partial charge < -0.3 is 5.32 Å². The van der Waals surface area contributed by atoms with Gasteiger partial charge >= 0.3 is 0 Å². The monoisotopic (exact) mass is 271 g/mol. The van der Waals surface area contributed by atoms with Crippen LogP contribution in [0.15, 0.2) is 42.5 Å². The van der Waals surface area contributed by atoms with Crippen molar-refractivity contribution in [2.75, 3.05) is 5.32 Å². The predicted octanol–water partition coefficient (Wildman–Crippen LogP) is 3.59. The molecule has 0 atom stereocenters. The minimum Gasteiger partial charge on any atom is -0.322 e. The summed E-state index contributed by atoms with van der Waals surface area (Å²) in [6.07, 6.45) is 0. The van der Waals surface area contributed by atoms with Crippen LogP contribution in [0.3, 0.4) is 0 Å². The van der Waals surface area contributed by atoms with E-state index in [-0.39, 0.29) is 17.5 Å². The molecule has 0 radical (unpaired) electrons. The summed E-state index contributed by atoms with van der Waals surface area (Å²) in [5, 5.41) is 2.68. The van der Waals surface area contributed by atoms with Crippen LogP contribution >= 0.6 is 0 Å². The molecule has 0 saturated heterocycles. The normalized spacial score (nSPS) is 10.2. The van der Waals surface area contributed by atoms with Crippen LogP contribution in [0, 0.1) is 12.7 Å². The third-order valence-electron chi connectivity index (χ3n) is 2.95. The molecule has 0 spiro atoms. The van der Waals surface area contributed by atoms with Crippen LogP contribution < -0.4 is 5.32 Å². The third kappa shape index (κ3) is 3.09. The molecule has 0 aliphatic rings. The fourth-order valence-electron chi connectivity index (χ4n) is 1.81. The fourth-order valence-corrected chi connectivity index (χ4v) is 1.81. The maximum atomic E-state index is 13.2. The number of anilines is 1. The lowest BCUT2D eigenvalue weighted by Crippen LogP contribution is -2.12. The van der Waals surface area contributed by atoms with Gasteiger partial charge in [0.1, 0.15) is 5.82 Å². The Morgan fingerprint density at radius 3 is 2.40 bits per heavy atom. The predicted molar refractivity (Wildman–Crippen MR) is 75.5 cm³/mol. The zero-order chi connectivity index (χ0) is 14.7. The Balaban J connectivity index is 2.21. The smallest absolute Gasteiger partial charge is 0.255 e. The maximum Gasteiger partial charge on any atom is 0.255 e. The van der Waals surface area contributed by atoms with Crippen LogP contribution in [0.5, 0.6) is 0 Å². The number of carbonyl (C=O) groups is 2. The van der Waals surface area contributed by atoms with E-state index in [9.17, 15) is 14.0 Å². The standard InChI is InChI=1S/C16H14FNO2/c1-10-8-14(6-7-15(10)17)18-16(20)13-5-3-4-12(9-13)11(2)19/h3-9H,1-2H3,(H,18,20). The lowest BCUT2D eigenvalue weighted by atomic mass is 10.1. The molecule has 0 aliphatic carbocycles. The minimum absolute atomic E-state index is 0.0997. The van der Waals surface area contributed by atoms with E-state index in [4.69, 9.17) is 0 Å². The number of rotatable bonds is 3. The second kappa shape index (κ2) is 5.65. The molecule has 0 fully saturated rings. The highest BCUT2D eigenvalue weighted by molar-refractivity contribution is 6.06. The summed E-state index contributed by atoms with van der Waals surface area (Å²) < 4.78 is 13.2. The molecular formula is C16H14FNO2. The highest BCUT2D eigenvalue weighted by atomic mass is 19.1. The van der Waals surface area contributed by atoms with Gasteiger partial charge in [-0.15, -0.1) is 0 Å². The molecule has 0 unspecified atom stereocenters. The molecule has 1 N–H and O–H groups in total. The molecule has 0 aromatic heterocycles.